The number of pyridine rings is 1. The van der Waals surface area contributed by atoms with Crippen LogP contribution in [-0.2, 0) is 11.2 Å². The molecule has 4 heterocycles. The molecule has 0 bridgehead atoms. The van der Waals surface area contributed by atoms with Crippen LogP contribution in [0.15, 0.2) is 48.7 Å². The molecule has 0 spiro atoms. The minimum Gasteiger partial charge on any atom is -0.379 e. The summed E-state index contributed by atoms with van der Waals surface area (Å²) in [5, 5.41) is 4.46. The molecule has 2 aliphatic rings. The third-order valence-corrected chi connectivity index (χ3v) is 8.24. The zero-order valence-electron chi connectivity index (χ0n) is 22.5. The molecule has 0 aliphatic carbocycles. The molecule has 1 N–H and O–H groups in total. The Kier molecular flexibility index (Phi) is 7.93. The molecule has 2 aromatic heterocycles. The fourth-order valence-electron chi connectivity index (χ4n) is 6.03. The molecule has 0 unspecified atom stereocenters. The van der Waals surface area contributed by atoms with Crippen LogP contribution in [0.3, 0.4) is 0 Å². The second-order valence-electron chi connectivity index (χ2n) is 10.2. The Morgan fingerprint density at radius 1 is 1.05 bits per heavy atom. The molecule has 0 amide bonds. The predicted octanol–water partition coefficient (Wildman–Crippen LogP) is 5.05. The molecule has 2 saturated heterocycles. The van der Waals surface area contributed by atoms with Crippen molar-refractivity contribution >= 4 is 17.3 Å². The van der Waals surface area contributed by atoms with E-state index < -0.39 is 0 Å². The molecule has 3 aromatic rings. The average Bonchev–Trinajstić information content (AvgIpc) is 3.39. The lowest BCUT2D eigenvalue weighted by molar-refractivity contribution is 0.0365. The van der Waals surface area contributed by atoms with E-state index in [2.05, 4.69) is 83.8 Å². The number of para-hydroxylation sites is 1. The molecule has 7 heteroatoms. The highest BCUT2D eigenvalue weighted by atomic mass is 32.1. The van der Waals surface area contributed by atoms with Crippen molar-refractivity contribution in [3.8, 4) is 5.69 Å². The van der Waals surface area contributed by atoms with Gasteiger partial charge in [-0.2, -0.15) is 0 Å². The third kappa shape index (κ3) is 5.17. The molecular formula is C30H39N5OS. The van der Waals surface area contributed by atoms with Crippen molar-refractivity contribution in [2.24, 2.45) is 0 Å². The van der Waals surface area contributed by atoms with Gasteiger partial charge in [-0.15, -0.1) is 0 Å². The first-order valence-electron chi connectivity index (χ1n) is 13.6. The van der Waals surface area contributed by atoms with Crippen molar-refractivity contribution in [2.45, 2.75) is 52.6 Å². The van der Waals surface area contributed by atoms with Crippen LogP contribution in [0, 0.1) is 20.8 Å². The number of thiocarbonyl (C=S) groups is 1. The maximum absolute atomic E-state index is 5.95. The largest absolute Gasteiger partial charge is 0.379 e. The van der Waals surface area contributed by atoms with Crippen molar-refractivity contribution in [3.63, 3.8) is 0 Å². The fraction of sp³-hybridized carbons (Fsp3) is 0.467. The number of aromatic nitrogens is 2. The Morgan fingerprint density at radius 3 is 2.59 bits per heavy atom. The minimum atomic E-state index is 0.00792. The lowest BCUT2D eigenvalue weighted by atomic mass is 9.96. The van der Waals surface area contributed by atoms with E-state index in [0.29, 0.717) is 0 Å². The monoisotopic (exact) mass is 517 g/mol. The Hall–Kier alpha value is -2.74. The Labute approximate surface area is 226 Å². The molecule has 6 nitrogen and oxygen atoms in total. The highest BCUT2D eigenvalue weighted by Crippen LogP contribution is 2.42. The Bertz CT molecular complexity index is 1230. The lowest BCUT2D eigenvalue weighted by Gasteiger charge is -2.30. The molecule has 5 rings (SSSR count). The maximum atomic E-state index is 5.95. The smallest absolute Gasteiger partial charge is 0.170 e. The van der Waals surface area contributed by atoms with Crippen LogP contribution in [-0.4, -0.2) is 63.9 Å². The zero-order chi connectivity index (χ0) is 25.9. The van der Waals surface area contributed by atoms with Crippen LogP contribution in [0.5, 0.6) is 0 Å². The molecule has 0 radical (unpaired) electrons. The lowest BCUT2D eigenvalue weighted by Crippen LogP contribution is -2.39. The number of hydrogen-bond acceptors (Lipinski definition) is 4. The van der Waals surface area contributed by atoms with Crippen molar-refractivity contribution in [1.82, 2.24) is 24.7 Å². The van der Waals surface area contributed by atoms with E-state index in [9.17, 15) is 0 Å². The summed E-state index contributed by atoms with van der Waals surface area (Å²) in [4.78, 5) is 9.64. The quantitative estimate of drug-likeness (QED) is 0.422. The van der Waals surface area contributed by atoms with Crippen LogP contribution in [0.1, 0.15) is 59.2 Å². The summed E-state index contributed by atoms with van der Waals surface area (Å²) in [5.74, 6) is 0. The highest BCUT2D eigenvalue weighted by molar-refractivity contribution is 7.80. The molecule has 2 fully saturated rings. The van der Waals surface area contributed by atoms with E-state index in [1.807, 2.05) is 12.3 Å². The summed E-state index contributed by atoms with van der Waals surface area (Å²) >= 11 is 5.95. The SMILES string of the molecule is CCc1cccc(C)c1-n1c(C)cc([C@H]2[C@H](c3ccccn3)NC(=S)N2CCCN2CCOCC2)c1C. The van der Waals surface area contributed by atoms with Gasteiger partial charge in [-0.1, -0.05) is 31.2 Å². The number of nitrogens with zero attached hydrogens (tertiary/aromatic N) is 4. The van der Waals surface area contributed by atoms with E-state index in [4.69, 9.17) is 21.9 Å². The molecule has 2 aliphatic heterocycles. The van der Waals surface area contributed by atoms with Gasteiger partial charge in [0.05, 0.1) is 36.7 Å². The fourth-order valence-corrected chi connectivity index (χ4v) is 6.36. The molecule has 1 aromatic carbocycles. The molecular weight excluding hydrogens is 478 g/mol. The predicted molar refractivity (Wildman–Crippen MR) is 153 cm³/mol. The highest BCUT2D eigenvalue weighted by Gasteiger charge is 2.41. The van der Waals surface area contributed by atoms with Crippen LogP contribution in [0.4, 0.5) is 0 Å². The summed E-state index contributed by atoms with van der Waals surface area (Å²) in [6, 6.07) is 15.2. The number of morpholine rings is 1. The number of rotatable bonds is 8. The first-order chi connectivity index (χ1) is 18.0. The van der Waals surface area contributed by atoms with Crippen molar-refractivity contribution < 1.29 is 4.74 Å². The van der Waals surface area contributed by atoms with E-state index in [-0.39, 0.29) is 12.1 Å². The molecule has 196 valence electrons. The van der Waals surface area contributed by atoms with Gasteiger partial charge in [-0.3, -0.25) is 9.88 Å². The van der Waals surface area contributed by atoms with Crippen LogP contribution in [0.2, 0.25) is 0 Å². The van der Waals surface area contributed by atoms with E-state index >= 15 is 0 Å². The molecule has 2 atom stereocenters. The molecule has 37 heavy (non-hydrogen) atoms. The first kappa shape index (κ1) is 25.9. The third-order valence-electron chi connectivity index (χ3n) is 7.89. The van der Waals surface area contributed by atoms with Crippen molar-refractivity contribution in [3.05, 3.63) is 82.4 Å². The van der Waals surface area contributed by atoms with Gasteiger partial charge >= 0.3 is 0 Å². The van der Waals surface area contributed by atoms with Gasteiger partial charge in [0.15, 0.2) is 5.11 Å². The standard InChI is InChI=1S/C30H39N5OS/c1-5-24-11-8-10-21(2)28(24)35-22(3)20-25(23(35)4)29-27(26-12-6-7-13-31-26)32-30(37)34(29)15-9-14-33-16-18-36-19-17-33/h6-8,10-13,20,27,29H,5,9,14-19H2,1-4H3,(H,32,37)/t27-,29-/m0/s1. The minimum absolute atomic E-state index is 0.00792. The first-order valence-corrected chi connectivity index (χ1v) is 14.0. The van der Waals surface area contributed by atoms with E-state index in [1.165, 1.54) is 33.8 Å². The molecule has 0 saturated carbocycles. The maximum Gasteiger partial charge on any atom is 0.170 e. The Morgan fingerprint density at radius 2 is 1.86 bits per heavy atom. The normalized spacial score (nSPS) is 20.4. The topological polar surface area (TPSA) is 45.6 Å². The number of nitrogens with one attached hydrogen (secondary N) is 1. The van der Waals surface area contributed by atoms with E-state index in [1.54, 1.807) is 0 Å². The van der Waals surface area contributed by atoms with Gasteiger partial charge in [-0.05, 0) is 80.7 Å². The van der Waals surface area contributed by atoms with Gasteiger partial charge in [-0.25, -0.2) is 0 Å². The second-order valence-corrected chi connectivity index (χ2v) is 10.6. The van der Waals surface area contributed by atoms with Crippen LogP contribution < -0.4 is 5.32 Å². The van der Waals surface area contributed by atoms with Crippen LogP contribution >= 0.6 is 12.2 Å². The van der Waals surface area contributed by atoms with E-state index in [0.717, 1.165) is 63.0 Å². The number of ether oxygens (including phenoxy) is 1. The van der Waals surface area contributed by atoms with Crippen LogP contribution in [0.25, 0.3) is 5.69 Å². The Balaban J connectivity index is 1.51. The zero-order valence-corrected chi connectivity index (χ0v) is 23.4. The van der Waals surface area contributed by atoms with Crippen molar-refractivity contribution in [1.29, 1.82) is 0 Å². The summed E-state index contributed by atoms with van der Waals surface area (Å²) in [6.07, 6.45) is 3.94. The second kappa shape index (κ2) is 11.3. The van der Waals surface area contributed by atoms with Gasteiger partial charge in [0, 0.05) is 43.8 Å². The van der Waals surface area contributed by atoms with Gasteiger partial charge in [0.1, 0.15) is 0 Å². The van der Waals surface area contributed by atoms with Gasteiger partial charge in [0.2, 0.25) is 0 Å². The van der Waals surface area contributed by atoms with Gasteiger partial charge in [0.25, 0.3) is 0 Å². The number of aryl methyl sites for hydroxylation is 3. The average molecular weight is 518 g/mol. The summed E-state index contributed by atoms with van der Waals surface area (Å²) in [5.41, 5.74) is 8.86. The van der Waals surface area contributed by atoms with Crippen molar-refractivity contribution in [2.75, 3.05) is 39.4 Å². The summed E-state index contributed by atoms with van der Waals surface area (Å²) in [6.45, 7) is 14.6. The number of hydrogen-bond donors (Lipinski definition) is 1. The summed E-state index contributed by atoms with van der Waals surface area (Å²) < 4.78 is 7.98. The summed E-state index contributed by atoms with van der Waals surface area (Å²) in [7, 11) is 0. The van der Waals surface area contributed by atoms with Gasteiger partial charge < -0.3 is 19.5 Å². The number of benzene rings is 1.